The Balaban J connectivity index is 2.09. The van der Waals surface area contributed by atoms with Gasteiger partial charge in [0.15, 0.2) is 0 Å². The zero-order chi connectivity index (χ0) is 8.97. The maximum atomic E-state index is 11.8. The van der Waals surface area contributed by atoms with Crippen LogP contribution in [0.5, 0.6) is 0 Å². The minimum Gasteiger partial charge on any atom is -0.328 e. The molecular formula is C8H16F2N2. The lowest BCUT2D eigenvalue weighted by Crippen LogP contribution is -2.40. The van der Waals surface area contributed by atoms with Gasteiger partial charge in [0, 0.05) is 19.0 Å². The summed E-state index contributed by atoms with van der Waals surface area (Å²) in [5, 5.41) is 0. The summed E-state index contributed by atoms with van der Waals surface area (Å²) in [4.78, 5) is 2.06. The SMILES string of the molecule is NC1CCN(CCC(F)F)CC1. The molecule has 0 bridgehead atoms. The van der Waals surface area contributed by atoms with Crippen LogP contribution in [0.1, 0.15) is 19.3 Å². The van der Waals surface area contributed by atoms with Gasteiger partial charge in [-0.3, -0.25) is 0 Å². The molecule has 1 fully saturated rings. The molecule has 0 aromatic rings. The normalized spacial score (nSPS) is 22.0. The Bertz CT molecular complexity index is 122. The number of halogens is 2. The second-order valence-corrected chi connectivity index (χ2v) is 3.36. The molecule has 0 aromatic carbocycles. The number of hydrogen-bond acceptors (Lipinski definition) is 2. The maximum absolute atomic E-state index is 11.8. The van der Waals surface area contributed by atoms with Crippen LogP contribution < -0.4 is 5.73 Å². The second kappa shape index (κ2) is 4.72. The molecule has 0 atom stereocenters. The van der Waals surface area contributed by atoms with Crippen LogP contribution in [-0.4, -0.2) is 37.0 Å². The van der Waals surface area contributed by atoms with Crippen LogP contribution in [0, 0.1) is 0 Å². The highest BCUT2D eigenvalue weighted by Crippen LogP contribution is 2.10. The summed E-state index contributed by atoms with van der Waals surface area (Å²) < 4.78 is 23.6. The summed E-state index contributed by atoms with van der Waals surface area (Å²) in [6.45, 7) is 2.28. The topological polar surface area (TPSA) is 29.3 Å². The number of likely N-dealkylation sites (tertiary alicyclic amines) is 1. The molecule has 4 heteroatoms. The molecule has 0 spiro atoms. The van der Waals surface area contributed by atoms with E-state index in [1.807, 2.05) is 0 Å². The predicted molar refractivity (Wildman–Crippen MR) is 44.3 cm³/mol. The minimum absolute atomic E-state index is 0.00472. The second-order valence-electron chi connectivity index (χ2n) is 3.36. The van der Waals surface area contributed by atoms with Crippen LogP contribution in [0.4, 0.5) is 8.78 Å². The van der Waals surface area contributed by atoms with Gasteiger partial charge in [-0.05, 0) is 25.9 Å². The lowest BCUT2D eigenvalue weighted by molar-refractivity contribution is 0.108. The van der Waals surface area contributed by atoms with Crippen molar-refractivity contribution in [2.24, 2.45) is 5.73 Å². The van der Waals surface area contributed by atoms with E-state index in [-0.39, 0.29) is 12.5 Å². The number of alkyl halides is 2. The third kappa shape index (κ3) is 3.45. The molecule has 0 aromatic heterocycles. The van der Waals surface area contributed by atoms with Crippen molar-refractivity contribution in [3.63, 3.8) is 0 Å². The minimum atomic E-state index is -2.17. The van der Waals surface area contributed by atoms with Crippen molar-refractivity contribution in [2.45, 2.75) is 31.7 Å². The molecular weight excluding hydrogens is 162 g/mol. The lowest BCUT2D eigenvalue weighted by atomic mass is 10.1. The largest absolute Gasteiger partial charge is 0.328 e. The van der Waals surface area contributed by atoms with Gasteiger partial charge >= 0.3 is 0 Å². The molecule has 0 unspecified atom stereocenters. The van der Waals surface area contributed by atoms with Gasteiger partial charge in [-0.25, -0.2) is 8.78 Å². The van der Waals surface area contributed by atoms with Crippen molar-refractivity contribution in [2.75, 3.05) is 19.6 Å². The van der Waals surface area contributed by atoms with Crippen molar-refractivity contribution in [3.8, 4) is 0 Å². The number of hydrogen-bond donors (Lipinski definition) is 1. The fraction of sp³-hybridized carbons (Fsp3) is 1.00. The van der Waals surface area contributed by atoms with Crippen molar-refractivity contribution >= 4 is 0 Å². The highest BCUT2D eigenvalue weighted by Gasteiger charge is 2.16. The first-order valence-electron chi connectivity index (χ1n) is 4.44. The summed E-state index contributed by atoms with van der Waals surface area (Å²) in [7, 11) is 0. The Kier molecular flexibility index (Phi) is 3.88. The maximum Gasteiger partial charge on any atom is 0.239 e. The third-order valence-corrected chi connectivity index (χ3v) is 2.30. The first kappa shape index (κ1) is 9.86. The lowest BCUT2D eigenvalue weighted by Gasteiger charge is -2.29. The van der Waals surface area contributed by atoms with E-state index in [2.05, 4.69) is 4.90 Å². The van der Waals surface area contributed by atoms with Crippen molar-refractivity contribution in [1.82, 2.24) is 4.90 Å². The molecule has 2 N–H and O–H groups in total. The highest BCUT2D eigenvalue weighted by molar-refractivity contribution is 4.73. The van der Waals surface area contributed by atoms with Crippen LogP contribution in [0.2, 0.25) is 0 Å². The third-order valence-electron chi connectivity index (χ3n) is 2.30. The molecule has 1 heterocycles. The van der Waals surface area contributed by atoms with Gasteiger partial charge in [-0.15, -0.1) is 0 Å². The fourth-order valence-corrected chi connectivity index (χ4v) is 1.46. The molecule has 1 saturated heterocycles. The van der Waals surface area contributed by atoms with Gasteiger partial charge in [0.05, 0.1) is 0 Å². The molecule has 1 aliphatic heterocycles. The van der Waals surface area contributed by atoms with Crippen LogP contribution in [-0.2, 0) is 0 Å². The van der Waals surface area contributed by atoms with Crippen LogP contribution in [0.25, 0.3) is 0 Å². The van der Waals surface area contributed by atoms with E-state index in [0.717, 1.165) is 25.9 Å². The van der Waals surface area contributed by atoms with Gasteiger partial charge < -0.3 is 10.6 Å². The van der Waals surface area contributed by atoms with E-state index in [0.29, 0.717) is 6.54 Å². The molecule has 0 aliphatic carbocycles. The average molecular weight is 178 g/mol. The molecule has 0 amide bonds. The smallest absolute Gasteiger partial charge is 0.239 e. The summed E-state index contributed by atoms with van der Waals surface area (Å²) >= 11 is 0. The Morgan fingerprint density at radius 2 is 1.92 bits per heavy atom. The molecule has 1 rings (SSSR count). The molecule has 72 valence electrons. The van der Waals surface area contributed by atoms with Crippen LogP contribution >= 0.6 is 0 Å². The van der Waals surface area contributed by atoms with Gasteiger partial charge in [0.1, 0.15) is 0 Å². The van der Waals surface area contributed by atoms with Gasteiger partial charge in [-0.2, -0.15) is 0 Å². The van der Waals surface area contributed by atoms with E-state index in [4.69, 9.17) is 5.73 Å². The van der Waals surface area contributed by atoms with E-state index in [1.165, 1.54) is 0 Å². The van der Waals surface area contributed by atoms with Crippen LogP contribution in [0.15, 0.2) is 0 Å². The zero-order valence-corrected chi connectivity index (χ0v) is 7.18. The average Bonchev–Trinajstić information content (AvgIpc) is 2.03. The zero-order valence-electron chi connectivity index (χ0n) is 7.18. The van der Waals surface area contributed by atoms with Crippen molar-refractivity contribution < 1.29 is 8.78 Å². The Morgan fingerprint density at radius 1 is 1.33 bits per heavy atom. The van der Waals surface area contributed by atoms with E-state index < -0.39 is 6.43 Å². The molecule has 1 aliphatic rings. The van der Waals surface area contributed by atoms with Crippen molar-refractivity contribution in [3.05, 3.63) is 0 Å². The van der Waals surface area contributed by atoms with Gasteiger partial charge in [0.25, 0.3) is 0 Å². The van der Waals surface area contributed by atoms with Gasteiger partial charge in [-0.1, -0.05) is 0 Å². The number of piperidine rings is 1. The molecule has 0 saturated carbocycles. The van der Waals surface area contributed by atoms with E-state index in [1.54, 1.807) is 0 Å². The summed E-state index contributed by atoms with van der Waals surface area (Å²) in [6, 6.07) is 0.285. The number of nitrogens with two attached hydrogens (primary N) is 1. The Hall–Kier alpha value is -0.220. The van der Waals surface area contributed by atoms with Crippen molar-refractivity contribution in [1.29, 1.82) is 0 Å². The predicted octanol–water partition coefficient (Wildman–Crippen LogP) is 1.06. The number of rotatable bonds is 3. The monoisotopic (exact) mass is 178 g/mol. The number of nitrogens with zero attached hydrogens (tertiary/aromatic N) is 1. The highest BCUT2D eigenvalue weighted by atomic mass is 19.3. The first-order chi connectivity index (χ1) is 5.68. The summed E-state index contributed by atoms with van der Waals surface area (Å²) in [5.74, 6) is 0. The Labute approximate surface area is 71.7 Å². The standard InChI is InChI=1S/C8H16F2N2/c9-8(10)3-6-12-4-1-7(11)2-5-12/h7-8H,1-6,11H2. The molecule has 0 radical (unpaired) electrons. The fourth-order valence-electron chi connectivity index (χ4n) is 1.46. The first-order valence-corrected chi connectivity index (χ1v) is 4.44. The van der Waals surface area contributed by atoms with Gasteiger partial charge in [0.2, 0.25) is 6.43 Å². The quantitative estimate of drug-likeness (QED) is 0.700. The summed E-state index contributed by atoms with van der Waals surface area (Å²) in [5.41, 5.74) is 5.68. The van der Waals surface area contributed by atoms with E-state index in [9.17, 15) is 8.78 Å². The van der Waals surface area contributed by atoms with Crippen LogP contribution in [0.3, 0.4) is 0 Å². The molecule has 2 nitrogen and oxygen atoms in total. The Morgan fingerprint density at radius 3 is 2.42 bits per heavy atom. The summed E-state index contributed by atoms with van der Waals surface area (Å²) in [6.07, 6.45) is -0.276. The molecule has 12 heavy (non-hydrogen) atoms. The van der Waals surface area contributed by atoms with E-state index >= 15 is 0 Å².